The monoisotopic (exact) mass is 505 g/mol. The zero-order valence-electron chi connectivity index (χ0n) is 19.0. The zero-order chi connectivity index (χ0) is 23.2. The van der Waals surface area contributed by atoms with Crippen molar-refractivity contribution in [1.82, 2.24) is 14.9 Å². The van der Waals surface area contributed by atoms with Gasteiger partial charge in [-0.2, -0.15) is 0 Å². The Bertz CT molecular complexity index is 1250. The van der Waals surface area contributed by atoms with E-state index in [4.69, 9.17) is 9.72 Å². The van der Waals surface area contributed by atoms with Gasteiger partial charge in [-0.1, -0.05) is 45.8 Å². The molecule has 0 bridgehead atoms. The molecule has 6 heteroatoms. The molecule has 0 aliphatic heterocycles. The van der Waals surface area contributed by atoms with E-state index in [9.17, 15) is 4.79 Å². The Morgan fingerprint density at radius 1 is 1.06 bits per heavy atom. The minimum Gasteiger partial charge on any atom is -0.493 e. The van der Waals surface area contributed by atoms with Crippen molar-refractivity contribution >= 4 is 32.9 Å². The minimum atomic E-state index is -0.0768. The van der Waals surface area contributed by atoms with Gasteiger partial charge in [-0.25, -0.2) is 4.98 Å². The van der Waals surface area contributed by atoms with E-state index in [1.165, 1.54) is 5.56 Å². The van der Waals surface area contributed by atoms with Crippen LogP contribution in [0.3, 0.4) is 0 Å². The second-order valence-electron chi connectivity index (χ2n) is 8.15. The molecule has 33 heavy (non-hydrogen) atoms. The number of hydrogen-bond acceptors (Lipinski definition) is 3. The van der Waals surface area contributed by atoms with Crippen molar-refractivity contribution in [3.8, 4) is 5.75 Å². The van der Waals surface area contributed by atoms with Gasteiger partial charge in [0.2, 0.25) is 0 Å². The highest BCUT2D eigenvalue weighted by molar-refractivity contribution is 9.10. The van der Waals surface area contributed by atoms with Crippen LogP contribution in [0, 0.1) is 13.8 Å². The molecule has 3 aromatic carbocycles. The molecule has 1 aromatic heterocycles. The number of imidazole rings is 1. The van der Waals surface area contributed by atoms with Crippen molar-refractivity contribution in [3.05, 3.63) is 93.7 Å². The summed E-state index contributed by atoms with van der Waals surface area (Å²) >= 11 is 3.40. The maximum atomic E-state index is 12.4. The van der Waals surface area contributed by atoms with Crippen molar-refractivity contribution in [2.75, 3.05) is 13.2 Å². The number of halogens is 1. The lowest BCUT2D eigenvalue weighted by Gasteiger charge is -2.12. The molecule has 4 rings (SSSR count). The first-order valence-corrected chi connectivity index (χ1v) is 12.0. The van der Waals surface area contributed by atoms with Crippen LogP contribution in [-0.2, 0) is 13.0 Å². The number of rotatable bonds is 9. The van der Waals surface area contributed by atoms with Gasteiger partial charge in [0, 0.05) is 29.5 Å². The van der Waals surface area contributed by atoms with E-state index in [2.05, 4.69) is 57.9 Å². The number of aromatic nitrogens is 2. The lowest BCUT2D eigenvalue weighted by atomic mass is 10.1. The first kappa shape index (κ1) is 23.1. The topological polar surface area (TPSA) is 56.1 Å². The quantitative estimate of drug-likeness (QED) is 0.290. The predicted molar refractivity (Wildman–Crippen MR) is 136 cm³/mol. The molecule has 0 saturated heterocycles. The summed E-state index contributed by atoms with van der Waals surface area (Å²) in [5.74, 6) is 1.83. The largest absolute Gasteiger partial charge is 0.493 e. The molecule has 4 aromatic rings. The Balaban J connectivity index is 1.37. The van der Waals surface area contributed by atoms with Crippen LogP contribution in [0.5, 0.6) is 5.75 Å². The number of hydrogen-bond donors (Lipinski definition) is 1. The Kier molecular flexibility index (Phi) is 7.45. The van der Waals surface area contributed by atoms with Crippen molar-refractivity contribution in [1.29, 1.82) is 0 Å². The summed E-state index contributed by atoms with van der Waals surface area (Å²) in [7, 11) is 0. The maximum Gasteiger partial charge on any atom is 0.251 e. The molecular weight excluding hydrogens is 478 g/mol. The molecule has 0 aliphatic carbocycles. The van der Waals surface area contributed by atoms with Gasteiger partial charge in [-0.3, -0.25) is 4.79 Å². The normalized spacial score (nSPS) is 11.0. The molecule has 0 atom stereocenters. The van der Waals surface area contributed by atoms with Crippen LogP contribution in [0.1, 0.15) is 33.7 Å². The van der Waals surface area contributed by atoms with Crippen LogP contribution in [0.15, 0.2) is 71.2 Å². The molecule has 5 nitrogen and oxygen atoms in total. The summed E-state index contributed by atoms with van der Waals surface area (Å²) in [6, 6.07) is 21.8. The third-order valence-electron chi connectivity index (χ3n) is 5.59. The summed E-state index contributed by atoms with van der Waals surface area (Å²) < 4.78 is 9.21. The van der Waals surface area contributed by atoms with Crippen molar-refractivity contribution < 1.29 is 9.53 Å². The molecule has 1 amide bonds. The van der Waals surface area contributed by atoms with E-state index in [-0.39, 0.29) is 5.91 Å². The van der Waals surface area contributed by atoms with Crippen LogP contribution in [0.4, 0.5) is 0 Å². The molecule has 0 aliphatic rings. The Morgan fingerprint density at radius 2 is 1.85 bits per heavy atom. The fourth-order valence-corrected chi connectivity index (χ4v) is 4.19. The van der Waals surface area contributed by atoms with Crippen LogP contribution >= 0.6 is 15.9 Å². The van der Waals surface area contributed by atoms with E-state index < -0.39 is 0 Å². The number of amides is 1. The van der Waals surface area contributed by atoms with Gasteiger partial charge in [-0.05, 0) is 68.3 Å². The zero-order valence-corrected chi connectivity index (χ0v) is 20.6. The standard InChI is InChI=1S/C27H28BrN3O2/c1-19-8-13-25(20(2)18-19)33-17-5-16-31-24-7-4-3-6-23(24)30-26(31)14-15-29-27(32)21-9-11-22(28)12-10-21/h3-4,6-13,18H,5,14-17H2,1-2H3,(H,29,32). The Labute approximate surface area is 202 Å². The number of para-hydroxylation sites is 2. The molecule has 0 spiro atoms. The van der Waals surface area contributed by atoms with Gasteiger partial charge in [0.1, 0.15) is 11.6 Å². The number of carbonyl (C=O) groups is 1. The molecule has 1 heterocycles. The number of ether oxygens (including phenoxy) is 1. The summed E-state index contributed by atoms with van der Waals surface area (Å²) in [5, 5.41) is 3.01. The van der Waals surface area contributed by atoms with Crippen molar-refractivity contribution in [3.63, 3.8) is 0 Å². The molecule has 0 saturated carbocycles. The van der Waals surface area contributed by atoms with E-state index in [0.29, 0.717) is 25.1 Å². The Morgan fingerprint density at radius 3 is 2.64 bits per heavy atom. The van der Waals surface area contributed by atoms with Gasteiger partial charge >= 0.3 is 0 Å². The molecule has 0 unspecified atom stereocenters. The number of aryl methyl sites for hydroxylation is 3. The van der Waals surface area contributed by atoms with Gasteiger partial charge in [-0.15, -0.1) is 0 Å². The summed E-state index contributed by atoms with van der Waals surface area (Å²) in [6.07, 6.45) is 1.53. The third kappa shape index (κ3) is 5.82. The second-order valence-corrected chi connectivity index (χ2v) is 9.07. The first-order chi connectivity index (χ1) is 16.0. The minimum absolute atomic E-state index is 0.0768. The van der Waals surface area contributed by atoms with Crippen LogP contribution in [0.25, 0.3) is 11.0 Å². The number of nitrogens with zero attached hydrogens (tertiary/aromatic N) is 2. The second kappa shape index (κ2) is 10.7. The fourth-order valence-electron chi connectivity index (χ4n) is 3.92. The van der Waals surface area contributed by atoms with E-state index in [0.717, 1.165) is 45.6 Å². The lowest BCUT2D eigenvalue weighted by Crippen LogP contribution is -2.26. The van der Waals surface area contributed by atoms with Gasteiger partial charge in [0.15, 0.2) is 0 Å². The van der Waals surface area contributed by atoms with E-state index >= 15 is 0 Å². The van der Waals surface area contributed by atoms with Gasteiger partial charge in [0.25, 0.3) is 5.91 Å². The molecule has 1 N–H and O–H groups in total. The molecule has 0 radical (unpaired) electrons. The van der Waals surface area contributed by atoms with Gasteiger partial charge in [0.05, 0.1) is 17.6 Å². The van der Waals surface area contributed by atoms with E-state index in [1.807, 2.05) is 48.5 Å². The summed E-state index contributed by atoms with van der Waals surface area (Å²) in [4.78, 5) is 17.2. The van der Waals surface area contributed by atoms with Crippen molar-refractivity contribution in [2.24, 2.45) is 0 Å². The van der Waals surface area contributed by atoms with Crippen molar-refractivity contribution in [2.45, 2.75) is 33.2 Å². The predicted octanol–water partition coefficient (Wildman–Crippen LogP) is 5.86. The summed E-state index contributed by atoms with van der Waals surface area (Å²) in [5.41, 5.74) is 5.13. The SMILES string of the molecule is Cc1ccc(OCCCn2c(CCNC(=O)c3ccc(Br)cc3)nc3ccccc32)c(C)c1. The maximum absolute atomic E-state index is 12.4. The van der Waals surface area contributed by atoms with Gasteiger partial charge < -0.3 is 14.6 Å². The third-order valence-corrected chi connectivity index (χ3v) is 6.12. The van der Waals surface area contributed by atoms with E-state index in [1.54, 1.807) is 0 Å². The van der Waals surface area contributed by atoms with Crippen LogP contribution in [-0.4, -0.2) is 28.6 Å². The summed E-state index contributed by atoms with van der Waals surface area (Å²) in [6.45, 7) is 6.13. The number of nitrogens with one attached hydrogen (secondary N) is 1. The number of fused-ring (bicyclic) bond motifs is 1. The molecule has 0 fully saturated rings. The highest BCUT2D eigenvalue weighted by atomic mass is 79.9. The smallest absolute Gasteiger partial charge is 0.251 e. The van der Waals surface area contributed by atoms with Crippen LogP contribution in [0.2, 0.25) is 0 Å². The fraction of sp³-hybridized carbons (Fsp3) is 0.259. The number of benzene rings is 3. The average Bonchev–Trinajstić information content (AvgIpc) is 3.15. The average molecular weight is 506 g/mol. The first-order valence-electron chi connectivity index (χ1n) is 11.2. The highest BCUT2D eigenvalue weighted by Crippen LogP contribution is 2.20. The Hall–Kier alpha value is -3.12. The molecular formula is C27H28BrN3O2. The highest BCUT2D eigenvalue weighted by Gasteiger charge is 2.12. The lowest BCUT2D eigenvalue weighted by molar-refractivity contribution is 0.0954. The van der Waals surface area contributed by atoms with Crippen LogP contribution < -0.4 is 10.1 Å². The number of carbonyl (C=O) groups excluding carboxylic acids is 1. The molecule has 170 valence electrons.